The van der Waals surface area contributed by atoms with E-state index in [0.29, 0.717) is 6.54 Å². The molecule has 2 atom stereocenters. The molecule has 1 fully saturated rings. The van der Waals surface area contributed by atoms with Gasteiger partial charge in [0.1, 0.15) is 0 Å². The number of esters is 1. The van der Waals surface area contributed by atoms with Crippen molar-refractivity contribution in [3.63, 3.8) is 0 Å². The smallest absolute Gasteiger partial charge is 0.310 e. The second kappa shape index (κ2) is 5.19. The molecule has 1 heterocycles. The summed E-state index contributed by atoms with van der Waals surface area (Å²) in [5, 5.41) is 3.26. The Morgan fingerprint density at radius 2 is 2.24 bits per heavy atom. The predicted molar refractivity (Wildman–Crippen MR) is 70.0 cm³/mol. The summed E-state index contributed by atoms with van der Waals surface area (Å²) >= 11 is 3.58. The molecule has 0 saturated carbocycles. The molecule has 3 nitrogen and oxygen atoms in total. The maximum atomic E-state index is 11.7. The molecule has 0 aliphatic carbocycles. The molecule has 1 aliphatic rings. The van der Waals surface area contributed by atoms with Crippen LogP contribution in [-0.4, -0.2) is 26.2 Å². The normalized spacial score (nSPS) is 23.7. The lowest BCUT2D eigenvalue weighted by molar-refractivity contribution is -0.145. The lowest BCUT2D eigenvalue weighted by Crippen LogP contribution is -2.23. The van der Waals surface area contributed by atoms with Crippen LogP contribution in [0.1, 0.15) is 17.0 Å². The van der Waals surface area contributed by atoms with Crippen LogP contribution in [-0.2, 0) is 9.53 Å². The zero-order valence-electron chi connectivity index (χ0n) is 10.00. The van der Waals surface area contributed by atoms with E-state index in [1.165, 1.54) is 18.2 Å². The highest BCUT2D eigenvalue weighted by Crippen LogP contribution is 2.34. The van der Waals surface area contributed by atoms with E-state index in [1.807, 2.05) is 0 Å². The SMILES string of the molecule is COC(=O)C1CNCC1c1ccc(C)cc1Br. The van der Waals surface area contributed by atoms with Crippen molar-refractivity contribution < 1.29 is 9.53 Å². The van der Waals surface area contributed by atoms with Gasteiger partial charge in [0.25, 0.3) is 0 Å². The molecule has 0 amide bonds. The van der Waals surface area contributed by atoms with Gasteiger partial charge >= 0.3 is 5.97 Å². The number of methoxy groups -OCH3 is 1. The second-order valence-electron chi connectivity index (χ2n) is 4.42. The summed E-state index contributed by atoms with van der Waals surface area (Å²) in [5.74, 6) is -0.0242. The average molecular weight is 298 g/mol. The van der Waals surface area contributed by atoms with Crippen LogP contribution in [0.5, 0.6) is 0 Å². The van der Waals surface area contributed by atoms with Gasteiger partial charge in [-0.25, -0.2) is 0 Å². The van der Waals surface area contributed by atoms with Gasteiger partial charge in [-0.2, -0.15) is 0 Å². The van der Waals surface area contributed by atoms with Crippen LogP contribution >= 0.6 is 15.9 Å². The first-order valence-electron chi connectivity index (χ1n) is 5.68. The van der Waals surface area contributed by atoms with E-state index in [1.54, 1.807) is 0 Å². The van der Waals surface area contributed by atoms with Crippen LogP contribution in [0.25, 0.3) is 0 Å². The number of rotatable bonds is 2. The zero-order valence-corrected chi connectivity index (χ0v) is 11.6. The molecular weight excluding hydrogens is 282 g/mol. The van der Waals surface area contributed by atoms with Gasteiger partial charge in [-0.1, -0.05) is 28.1 Å². The Morgan fingerprint density at radius 3 is 2.88 bits per heavy atom. The summed E-state index contributed by atoms with van der Waals surface area (Å²) in [6, 6.07) is 6.25. The highest BCUT2D eigenvalue weighted by atomic mass is 79.9. The minimum atomic E-state index is -0.132. The van der Waals surface area contributed by atoms with E-state index < -0.39 is 0 Å². The highest BCUT2D eigenvalue weighted by Gasteiger charge is 2.35. The summed E-state index contributed by atoms with van der Waals surface area (Å²) in [4.78, 5) is 11.7. The molecule has 1 saturated heterocycles. The van der Waals surface area contributed by atoms with Crippen molar-refractivity contribution in [3.05, 3.63) is 33.8 Å². The van der Waals surface area contributed by atoms with Crippen molar-refractivity contribution in [1.82, 2.24) is 5.32 Å². The van der Waals surface area contributed by atoms with E-state index in [2.05, 4.69) is 46.4 Å². The first-order chi connectivity index (χ1) is 8.13. The number of benzene rings is 1. The summed E-state index contributed by atoms with van der Waals surface area (Å²) < 4.78 is 5.92. The molecule has 92 valence electrons. The van der Waals surface area contributed by atoms with Crippen LogP contribution in [0.2, 0.25) is 0 Å². The molecule has 1 aromatic rings. The third-order valence-electron chi connectivity index (χ3n) is 3.27. The lowest BCUT2D eigenvalue weighted by Gasteiger charge is -2.18. The first kappa shape index (κ1) is 12.6. The van der Waals surface area contributed by atoms with E-state index >= 15 is 0 Å². The Morgan fingerprint density at radius 1 is 1.47 bits per heavy atom. The molecule has 2 rings (SSSR count). The molecule has 1 aromatic carbocycles. The number of carbonyl (C=O) groups excluding carboxylic acids is 1. The van der Waals surface area contributed by atoms with Crippen molar-refractivity contribution in [2.45, 2.75) is 12.8 Å². The molecule has 1 aliphatic heterocycles. The van der Waals surface area contributed by atoms with Crippen LogP contribution in [0, 0.1) is 12.8 Å². The van der Waals surface area contributed by atoms with Gasteiger partial charge in [-0.15, -0.1) is 0 Å². The van der Waals surface area contributed by atoms with E-state index in [-0.39, 0.29) is 17.8 Å². The van der Waals surface area contributed by atoms with Crippen LogP contribution in [0.15, 0.2) is 22.7 Å². The molecular formula is C13H16BrNO2. The summed E-state index contributed by atoms with van der Waals surface area (Å²) in [6.45, 7) is 3.57. The maximum Gasteiger partial charge on any atom is 0.310 e. The number of carbonyl (C=O) groups is 1. The molecule has 0 spiro atoms. The first-order valence-corrected chi connectivity index (χ1v) is 6.47. The molecule has 0 bridgehead atoms. The second-order valence-corrected chi connectivity index (χ2v) is 5.27. The largest absolute Gasteiger partial charge is 0.469 e. The van der Waals surface area contributed by atoms with Gasteiger partial charge in [0.2, 0.25) is 0 Å². The fourth-order valence-corrected chi connectivity index (χ4v) is 3.12. The topological polar surface area (TPSA) is 38.3 Å². The van der Waals surface area contributed by atoms with Crippen molar-refractivity contribution in [1.29, 1.82) is 0 Å². The predicted octanol–water partition coefficient (Wildman–Crippen LogP) is 2.23. The van der Waals surface area contributed by atoms with Crippen LogP contribution < -0.4 is 5.32 Å². The Bertz CT molecular complexity index is 433. The standard InChI is InChI=1S/C13H16BrNO2/c1-8-3-4-9(12(14)5-8)10-6-15-7-11(10)13(16)17-2/h3-5,10-11,15H,6-7H2,1-2H3. The van der Waals surface area contributed by atoms with Crippen LogP contribution in [0.4, 0.5) is 0 Å². The van der Waals surface area contributed by atoms with E-state index in [9.17, 15) is 4.79 Å². The van der Waals surface area contributed by atoms with Gasteiger partial charge in [0, 0.05) is 23.5 Å². The highest BCUT2D eigenvalue weighted by molar-refractivity contribution is 9.10. The fourth-order valence-electron chi connectivity index (χ4n) is 2.34. The quantitative estimate of drug-likeness (QED) is 0.851. The minimum Gasteiger partial charge on any atom is -0.469 e. The van der Waals surface area contributed by atoms with Gasteiger partial charge in [-0.3, -0.25) is 4.79 Å². The number of nitrogens with one attached hydrogen (secondary N) is 1. The Balaban J connectivity index is 2.29. The summed E-state index contributed by atoms with van der Waals surface area (Å²) in [6.07, 6.45) is 0. The Kier molecular flexibility index (Phi) is 3.84. The van der Waals surface area contributed by atoms with Crippen molar-refractivity contribution in [3.8, 4) is 0 Å². The Hall–Kier alpha value is -0.870. The van der Waals surface area contributed by atoms with Gasteiger partial charge in [-0.05, 0) is 24.1 Å². The van der Waals surface area contributed by atoms with Gasteiger partial charge in [0.15, 0.2) is 0 Å². The molecule has 2 unspecified atom stereocenters. The number of halogens is 1. The van der Waals surface area contributed by atoms with E-state index in [4.69, 9.17) is 4.74 Å². The lowest BCUT2D eigenvalue weighted by atomic mass is 9.88. The minimum absolute atomic E-state index is 0.0843. The molecule has 1 N–H and O–H groups in total. The summed E-state index contributed by atoms with van der Waals surface area (Å²) in [7, 11) is 1.45. The molecule has 0 aromatic heterocycles. The van der Waals surface area contributed by atoms with Crippen molar-refractivity contribution in [2.75, 3.05) is 20.2 Å². The number of aryl methyl sites for hydroxylation is 1. The van der Waals surface area contributed by atoms with Gasteiger partial charge < -0.3 is 10.1 Å². The number of hydrogen-bond donors (Lipinski definition) is 1. The monoisotopic (exact) mass is 297 g/mol. The number of hydrogen-bond acceptors (Lipinski definition) is 3. The number of ether oxygens (including phenoxy) is 1. The molecule has 17 heavy (non-hydrogen) atoms. The van der Waals surface area contributed by atoms with E-state index in [0.717, 1.165) is 11.0 Å². The van der Waals surface area contributed by atoms with Gasteiger partial charge in [0.05, 0.1) is 13.0 Å². The summed E-state index contributed by atoms with van der Waals surface area (Å²) in [5.41, 5.74) is 2.39. The van der Waals surface area contributed by atoms with Crippen molar-refractivity contribution in [2.24, 2.45) is 5.92 Å². The molecule has 4 heteroatoms. The molecule has 0 radical (unpaired) electrons. The zero-order chi connectivity index (χ0) is 12.4. The third kappa shape index (κ3) is 2.53. The van der Waals surface area contributed by atoms with Crippen molar-refractivity contribution >= 4 is 21.9 Å². The average Bonchev–Trinajstić information content (AvgIpc) is 2.77. The maximum absolute atomic E-state index is 11.7. The third-order valence-corrected chi connectivity index (χ3v) is 3.96. The Labute approximate surface area is 110 Å². The fraction of sp³-hybridized carbons (Fsp3) is 0.462. The van der Waals surface area contributed by atoms with Crippen LogP contribution in [0.3, 0.4) is 0 Å².